The first kappa shape index (κ1) is 10.9. The highest BCUT2D eigenvalue weighted by Gasteiger charge is 2.13. The van der Waals surface area contributed by atoms with E-state index in [1.165, 1.54) is 24.3 Å². The molecule has 0 saturated carbocycles. The van der Waals surface area contributed by atoms with Crippen molar-refractivity contribution < 1.29 is 13.6 Å². The second-order valence-corrected chi connectivity index (χ2v) is 4.04. The maximum Gasteiger partial charge on any atom is 0.185 e. The molecule has 1 heterocycles. The highest BCUT2D eigenvalue weighted by molar-refractivity contribution is 9.10. The predicted octanol–water partition coefficient (Wildman–Crippen LogP) is 3.24. The Bertz CT molecular complexity index is 551. The fraction of sp³-hybridized carbons (Fsp3) is 0. The third-order valence-corrected chi connectivity index (χ3v) is 2.64. The lowest BCUT2D eigenvalue weighted by Crippen LogP contribution is -1.90. The lowest BCUT2D eigenvalue weighted by atomic mass is 10.1. The van der Waals surface area contributed by atoms with E-state index in [0.717, 1.165) is 0 Å². The Hall–Kier alpha value is -1.62. The van der Waals surface area contributed by atoms with Crippen LogP contribution in [0, 0.1) is 5.82 Å². The Labute approximate surface area is 99.2 Å². The monoisotopic (exact) mass is 283 g/mol. The van der Waals surface area contributed by atoms with Gasteiger partial charge in [-0.15, -0.1) is 0 Å². The molecule has 1 aromatic carbocycles. The molecule has 0 aliphatic carbocycles. The molecule has 0 unspecified atom stereocenters. The molecule has 2 aromatic rings. The minimum Gasteiger partial charge on any atom is -0.453 e. The molecule has 0 spiro atoms. The average Bonchev–Trinajstić information content (AvgIpc) is 2.71. The molecule has 0 aliphatic heterocycles. The van der Waals surface area contributed by atoms with Gasteiger partial charge in [-0.3, -0.25) is 4.79 Å². The van der Waals surface area contributed by atoms with Crippen LogP contribution in [0.25, 0.3) is 11.3 Å². The summed E-state index contributed by atoms with van der Waals surface area (Å²) in [6, 6.07) is 5.91. The summed E-state index contributed by atoms with van der Waals surface area (Å²) in [4.78, 5) is 10.4. The van der Waals surface area contributed by atoms with Crippen molar-refractivity contribution in [3.05, 3.63) is 40.3 Å². The fourth-order valence-electron chi connectivity index (χ4n) is 1.35. The molecule has 5 heteroatoms. The lowest BCUT2D eigenvalue weighted by molar-refractivity contribution is 0.110. The molecular weight excluding hydrogens is 277 g/mol. The number of nitrogen functional groups attached to an aromatic ring is 1. The molecule has 2 N–H and O–H groups in total. The van der Waals surface area contributed by atoms with Gasteiger partial charge >= 0.3 is 0 Å². The number of anilines is 1. The number of hydrogen-bond donors (Lipinski definition) is 1. The van der Waals surface area contributed by atoms with E-state index in [1.54, 1.807) is 0 Å². The van der Waals surface area contributed by atoms with Crippen molar-refractivity contribution in [1.29, 1.82) is 0 Å². The zero-order chi connectivity index (χ0) is 11.7. The van der Waals surface area contributed by atoms with Crippen LogP contribution in [0.1, 0.15) is 10.6 Å². The number of nitrogens with two attached hydrogens (primary N) is 1. The molecule has 0 atom stereocenters. The minimum absolute atomic E-state index is 0.146. The Balaban J connectivity index is 2.58. The first-order chi connectivity index (χ1) is 7.61. The van der Waals surface area contributed by atoms with Crippen LogP contribution in [0.2, 0.25) is 0 Å². The quantitative estimate of drug-likeness (QED) is 0.680. The minimum atomic E-state index is -0.471. The third kappa shape index (κ3) is 1.86. The molecule has 0 aliphatic rings. The van der Waals surface area contributed by atoms with E-state index >= 15 is 0 Å². The summed E-state index contributed by atoms with van der Waals surface area (Å²) in [5.74, 6) is -0.0541. The van der Waals surface area contributed by atoms with Crippen LogP contribution in [0.3, 0.4) is 0 Å². The smallest absolute Gasteiger partial charge is 0.185 e. The topological polar surface area (TPSA) is 56.2 Å². The van der Waals surface area contributed by atoms with Crippen molar-refractivity contribution in [2.45, 2.75) is 0 Å². The molecule has 16 heavy (non-hydrogen) atoms. The zero-order valence-electron chi connectivity index (χ0n) is 8.04. The second kappa shape index (κ2) is 4.09. The Morgan fingerprint density at radius 1 is 1.38 bits per heavy atom. The SMILES string of the molecule is Nc1cc(Br)c(F)c(-c2ccc(C=O)o2)c1. The molecule has 0 bridgehead atoms. The molecule has 2 rings (SSSR count). The van der Waals surface area contributed by atoms with Gasteiger partial charge in [0.1, 0.15) is 11.6 Å². The molecule has 1 aromatic heterocycles. The van der Waals surface area contributed by atoms with Crippen LogP contribution in [-0.4, -0.2) is 6.29 Å². The Kier molecular flexibility index (Phi) is 2.78. The summed E-state index contributed by atoms with van der Waals surface area (Å²) in [7, 11) is 0. The van der Waals surface area contributed by atoms with Crippen LogP contribution in [0.15, 0.2) is 33.2 Å². The molecular formula is C11H7BrFNO2. The van der Waals surface area contributed by atoms with E-state index in [9.17, 15) is 9.18 Å². The summed E-state index contributed by atoms with van der Waals surface area (Å²) in [5.41, 5.74) is 6.23. The predicted molar refractivity (Wildman–Crippen MR) is 61.6 cm³/mol. The first-order valence-corrected chi connectivity index (χ1v) is 5.21. The van der Waals surface area contributed by atoms with Crippen LogP contribution >= 0.6 is 15.9 Å². The third-order valence-electron chi connectivity index (χ3n) is 2.06. The Morgan fingerprint density at radius 3 is 2.75 bits per heavy atom. The van der Waals surface area contributed by atoms with Crippen LogP contribution in [-0.2, 0) is 0 Å². The average molecular weight is 284 g/mol. The van der Waals surface area contributed by atoms with Crippen molar-refractivity contribution in [1.82, 2.24) is 0 Å². The number of carbonyl (C=O) groups excluding carboxylic acids is 1. The maximum atomic E-state index is 13.7. The summed E-state index contributed by atoms with van der Waals surface area (Å²) in [6.45, 7) is 0. The van der Waals surface area contributed by atoms with Crippen molar-refractivity contribution in [3.8, 4) is 11.3 Å². The largest absolute Gasteiger partial charge is 0.453 e. The van der Waals surface area contributed by atoms with E-state index in [0.29, 0.717) is 12.0 Å². The van der Waals surface area contributed by atoms with Crippen molar-refractivity contribution >= 4 is 27.9 Å². The van der Waals surface area contributed by atoms with Crippen LogP contribution < -0.4 is 5.73 Å². The highest BCUT2D eigenvalue weighted by atomic mass is 79.9. The van der Waals surface area contributed by atoms with E-state index in [-0.39, 0.29) is 21.6 Å². The maximum absolute atomic E-state index is 13.7. The van der Waals surface area contributed by atoms with Gasteiger partial charge < -0.3 is 10.2 Å². The summed E-state index contributed by atoms with van der Waals surface area (Å²) in [6.07, 6.45) is 0.558. The number of benzene rings is 1. The molecule has 0 radical (unpaired) electrons. The van der Waals surface area contributed by atoms with Gasteiger partial charge in [-0.1, -0.05) is 0 Å². The van der Waals surface area contributed by atoms with Crippen LogP contribution in [0.5, 0.6) is 0 Å². The highest BCUT2D eigenvalue weighted by Crippen LogP contribution is 2.31. The van der Waals surface area contributed by atoms with Crippen molar-refractivity contribution in [3.63, 3.8) is 0 Å². The van der Waals surface area contributed by atoms with Crippen molar-refractivity contribution in [2.75, 3.05) is 5.73 Å². The van der Waals surface area contributed by atoms with Crippen LogP contribution in [0.4, 0.5) is 10.1 Å². The summed E-state index contributed by atoms with van der Waals surface area (Å²) >= 11 is 3.05. The molecule has 0 fully saturated rings. The van der Waals surface area contributed by atoms with E-state index in [2.05, 4.69) is 15.9 Å². The van der Waals surface area contributed by atoms with Crippen molar-refractivity contribution in [2.24, 2.45) is 0 Å². The van der Waals surface area contributed by atoms with E-state index in [4.69, 9.17) is 10.2 Å². The fourth-order valence-corrected chi connectivity index (χ4v) is 1.83. The van der Waals surface area contributed by atoms with Gasteiger partial charge in [0.15, 0.2) is 12.0 Å². The molecule has 0 amide bonds. The molecule has 0 saturated heterocycles. The van der Waals surface area contributed by atoms with Gasteiger partial charge in [0.2, 0.25) is 0 Å². The second-order valence-electron chi connectivity index (χ2n) is 3.18. The number of aldehydes is 1. The number of rotatable bonds is 2. The van der Waals surface area contributed by atoms with Gasteiger partial charge in [-0.25, -0.2) is 4.39 Å². The van der Waals surface area contributed by atoms with E-state index < -0.39 is 5.82 Å². The summed E-state index contributed by atoms with van der Waals surface area (Å²) < 4.78 is 19.1. The van der Waals surface area contributed by atoms with Gasteiger partial charge in [-0.05, 0) is 40.2 Å². The van der Waals surface area contributed by atoms with E-state index in [1.807, 2.05) is 0 Å². The number of carbonyl (C=O) groups is 1. The number of hydrogen-bond acceptors (Lipinski definition) is 3. The Morgan fingerprint density at radius 2 is 2.12 bits per heavy atom. The standard InChI is InChI=1S/C11H7BrFNO2/c12-9-4-6(14)3-8(11(9)13)10-2-1-7(5-15)16-10/h1-5H,14H2. The van der Waals surface area contributed by atoms with Gasteiger partial charge in [-0.2, -0.15) is 0 Å². The lowest BCUT2D eigenvalue weighted by Gasteiger charge is -2.03. The molecule has 3 nitrogen and oxygen atoms in total. The number of furan rings is 1. The number of halogens is 2. The molecule has 82 valence electrons. The zero-order valence-corrected chi connectivity index (χ0v) is 9.62. The summed E-state index contributed by atoms with van der Waals surface area (Å²) in [5, 5.41) is 0. The first-order valence-electron chi connectivity index (χ1n) is 4.41. The van der Waals surface area contributed by atoms with Gasteiger partial charge in [0.25, 0.3) is 0 Å². The normalized spacial score (nSPS) is 10.4. The van der Waals surface area contributed by atoms with Gasteiger partial charge in [0, 0.05) is 5.69 Å². The van der Waals surface area contributed by atoms with Gasteiger partial charge in [0.05, 0.1) is 10.0 Å².